The lowest BCUT2D eigenvalue weighted by Gasteiger charge is -2.23. The van der Waals surface area contributed by atoms with Crippen molar-refractivity contribution in [3.63, 3.8) is 0 Å². The van der Waals surface area contributed by atoms with E-state index < -0.39 is 11.9 Å². The van der Waals surface area contributed by atoms with Crippen LogP contribution in [0.15, 0.2) is 74.6 Å². The molecule has 8 heteroatoms. The molecule has 3 heterocycles. The van der Waals surface area contributed by atoms with Crippen LogP contribution in [0, 0.1) is 0 Å². The summed E-state index contributed by atoms with van der Waals surface area (Å²) in [6.45, 7) is 0. The standard InChI is InChI=1S/C21H11BrClN3O3/c22-12-4-7-15-14(10-12)18(27)16-17(11-2-5-13(23)6-3-11)26(20(28)19(16)29-15)21-24-8-1-9-25-21/h1-10,17H. The highest BCUT2D eigenvalue weighted by molar-refractivity contribution is 9.10. The molecule has 1 aliphatic rings. The van der Waals surface area contributed by atoms with Crippen LogP contribution in [0.1, 0.15) is 27.7 Å². The SMILES string of the molecule is O=C1c2oc3ccc(Br)cc3c(=O)c2C(c2ccc(Cl)cc2)N1c1ncccn1. The fraction of sp³-hybridized carbons (Fsp3) is 0.0476. The number of anilines is 1. The van der Waals surface area contributed by atoms with E-state index in [0.29, 0.717) is 21.6 Å². The van der Waals surface area contributed by atoms with Crippen molar-refractivity contribution in [2.45, 2.75) is 6.04 Å². The Labute approximate surface area is 177 Å². The molecule has 4 aromatic rings. The van der Waals surface area contributed by atoms with Crippen molar-refractivity contribution in [2.24, 2.45) is 0 Å². The Hall–Kier alpha value is -3.03. The molecule has 0 saturated carbocycles. The Morgan fingerprint density at radius 2 is 1.76 bits per heavy atom. The normalized spacial score (nSPS) is 15.7. The third-order valence-corrected chi connectivity index (χ3v) is 5.53. The summed E-state index contributed by atoms with van der Waals surface area (Å²) in [5.41, 5.74) is 1.04. The van der Waals surface area contributed by atoms with Gasteiger partial charge in [0.25, 0.3) is 5.91 Å². The molecule has 1 amide bonds. The van der Waals surface area contributed by atoms with Gasteiger partial charge in [0.05, 0.1) is 17.0 Å². The van der Waals surface area contributed by atoms with Gasteiger partial charge in [-0.05, 0) is 42.0 Å². The number of benzene rings is 2. The van der Waals surface area contributed by atoms with E-state index in [2.05, 4.69) is 25.9 Å². The second-order valence-corrected chi connectivity index (χ2v) is 7.84. The van der Waals surface area contributed by atoms with E-state index in [1.165, 1.54) is 4.90 Å². The molecular formula is C21H11BrClN3O3. The highest BCUT2D eigenvalue weighted by Crippen LogP contribution is 2.40. The first-order valence-corrected chi connectivity index (χ1v) is 9.84. The smallest absolute Gasteiger partial charge is 0.297 e. The van der Waals surface area contributed by atoms with Gasteiger partial charge in [-0.1, -0.05) is 39.7 Å². The summed E-state index contributed by atoms with van der Waals surface area (Å²) in [4.78, 5) is 36.5. The molecule has 0 aliphatic carbocycles. The van der Waals surface area contributed by atoms with Crippen LogP contribution in [0.5, 0.6) is 0 Å². The molecule has 0 fully saturated rings. The number of halogens is 2. The predicted molar refractivity (Wildman–Crippen MR) is 112 cm³/mol. The van der Waals surface area contributed by atoms with E-state index in [0.717, 1.165) is 4.47 Å². The second-order valence-electron chi connectivity index (χ2n) is 6.49. The lowest BCUT2D eigenvalue weighted by molar-refractivity contribution is 0.0969. The number of nitrogens with zero attached hydrogens (tertiary/aromatic N) is 3. The average Bonchev–Trinajstić information content (AvgIpc) is 3.03. The van der Waals surface area contributed by atoms with Crippen molar-refractivity contribution >= 4 is 50.4 Å². The fourth-order valence-corrected chi connectivity index (χ4v) is 4.01. The first kappa shape index (κ1) is 18.0. The Kier molecular flexibility index (Phi) is 4.22. The summed E-state index contributed by atoms with van der Waals surface area (Å²) in [5.74, 6) is -0.279. The highest BCUT2D eigenvalue weighted by Gasteiger charge is 2.44. The van der Waals surface area contributed by atoms with Crippen LogP contribution in [0.3, 0.4) is 0 Å². The van der Waals surface area contributed by atoms with Crippen molar-refractivity contribution in [2.75, 3.05) is 4.90 Å². The van der Waals surface area contributed by atoms with E-state index in [9.17, 15) is 9.59 Å². The van der Waals surface area contributed by atoms with Gasteiger partial charge >= 0.3 is 0 Å². The van der Waals surface area contributed by atoms with Crippen molar-refractivity contribution in [1.29, 1.82) is 0 Å². The monoisotopic (exact) mass is 467 g/mol. The Morgan fingerprint density at radius 3 is 2.48 bits per heavy atom. The summed E-state index contributed by atoms with van der Waals surface area (Å²) >= 11 is 9.42. The van der Waals surface area contributed by atoms with Gasteiger partial charge in [-0.25, -0.2) is 9.97 Å². The maximum Gasteiger partial charge on any atom is 0.297 e. The molecule has 1 atom stereocenters. The molecule has 0 radical (unpaired) electrons. The molecule has 5 rings (SSSR count). The average molecular weight is 469 g/mol. The second kappa shape index (κ2) is 6.79. The zero-order chi connectivity index (χ0) is 20.1. The maximum atomic E-state index is 13.4. The molecule has 0 N–H and O–H groups in total. The molecular weight excluding hydrogens is 458 g/mol. The third-order valence-electron chi connectivity index (χ3n) is 4.79. The van der Waals surface area contributed by atoms with Crippen molar-refractivity contribution in [3.8, 4) is 0 Å². The van der Waals surface area contributed by atoms with Gasteiger partial charge in [-0.3, -0.25) is 14.5 Å². The Morgan fingerprint density at radius 1 is 1.03 bits per heavy atom. The molecule has 0 bridgehead atoms. The van der Waals surface area contributed by atoms with Gasteiger partial charge in [-0.15, -0.1) is 0 Å². The topological polar surface area (TPSA) is 76.3 Å². The molecule has 0 spiro atoms. The van der Waals surface area contributed by atoms with Gasteiger partial charge in [0.15, 0.2) is 5.43 Å². The fourth-order valence-electron chi connectivity index (χ4n) is 3.53. The van der Waals surface area contributed by atoms with Crippen LogP contribution in [0.2, 0.25) is 5.02 Å². The summed E-state index contributed by atoms with van der Waals surface area (Å²) in [6.07, 6.45) is 3.08. The van der Waals surface area contributed by atoms with Crippen LogP contribution in [0.4, 0.5) is 5.95 Å². The minimum absolute atomic E-state index is 0.00257. The third kappa shape index (κ3) is 2.85. The molecule has 142 valence electrons. The zero-order valence-electron chi connectivity index (χ0n) is 14.7. The van der Waals surface area contributed by atoms with Crippen LogP contribution in [0.25, 0.3) is 11.0 Å². The van der Waals surface area contributed by atoms with E-state index in [1.807, 2.05) is 0 Å². The first-order valence-electron chi connectivity index (χ1n) is 8.67. The molecule has 2 aromatic carbocycles. The number of hydrogen-bond donors (Lipinski definition) is 0. The van der Waals surface area contributed by atoms with Gasteiger partial charge in [0.2, 0.25) is 11.7 Å². The summed E-state index contributed by atoms with van der Waals surface area (Å²) < 4.78 is 6.63. The first-order chi connectivity index (χ1) is 14.0. The van der Waals surface area contributed by atoms with Crippen LogP contribution in [-0.4, -0.2) is 15.9 Å². The lowest BCUT2D eigenvalue weighted by atomic mass is 9.99. The zero-order valence-corrected chi connectivity index (χ0v) is 17.0. The van der Waals surface area contributed by atoms with Gasteiger partial charge < -0.3 is 4.42 Å². The minimum Gasteiger partial charge on any atom is -0.450 e. The number of aromatic nitrogens is 2. The molecule has 29 heavy (non-hydrogen) atoms. The molecule has 1 aliphatic heterocycles. The van der Waals surface area contributed by atoms with E-state index in [-0.39, 0.29) is 22.7 Å². The number of amides is 1. The predicted octanol–water partition coefficient (Wildman–Crippen LogP) is 4.75. The van der Waals surface area contributed by atoms with Gasteiger partial charge in [0, 0.05) is 21.9 Å². The summed E-state index contributed by atoms with van der Waals surface area (Å²) in [5, 5.41) is 0.941. The largest absolute Gasteiger partial charge is 0.450 e. The Balaban J connectivity index is 1.83. The molecule has 2 aromatic heterocycles. The van der Waals surface area contributed by atoms with E-state index >= 15 is 0 Å². The Bertz CT molecular complexity index is 1320. The van der Waals surface area contributed by atoms with Gasteiger partial charge in [-0.2, -0.15) is 0 Å². The maximum absolute atomic E-state index is 13.4. The molecule has 6 nitrogen and oxygen atoms in total. The van der Waals surface area contributed by atoms with Crippen LogP contribution >= 0.6 is 27.5 Å². The van der Waals surface area contributed by atoms with Crippen LogP contribution in [-0.2, 0) is 0 Å². The van der Waals surface area contributed by atoms with Crippen molar-refractivity contribution in [3.05, 3.63) is 97.5 Å². The van der Waals surface area contributed by atoms with Gasteiger partial charge in [0.1, 0.15) is 5.58 Å². The summed E-state index contributed by atoms with van der Waals surface area (Å²) in [7, 11) is 0. The highest BCUT2D eigenvalue weighted by atomic mass is 79.9. The molecule has 1 unspecified atom stereocenters. The van der Waals surface area contributed by atoms with E-state index in [4.69, 9.17) is 16.0 Å². The summed E-state index contributed by atoms with van der Waals surface area (Å²) in [6, 6.07) is 13.0. The number of carbonyl (C=O) groups is 1. The number of rotatable bonds is 2. The quantitative estimate of drug-likeness (QED) is 0.424. The number of hydrogen-bond acceptors (Lipinski definition) is 5. The van der Waals surface area contributed by atoms with Crippen molar-refractivity contribution < 1.29 is 9.21 Å². The minimum atomic E-state index is -0.725. The van der Waals surface area contributed by atoms with Crippen molar-refractivity contribution in [1.82, 2.24) is 9.97 Å². The number of carbonyl (C=O) groups excluding carboxylic acids is 1. The van der Waals surface area contributed by atoms with E-state index in [1.54, 1.807) is 60.9 Å². The lowest BCUT2D eigenvalue weighted by Crippen LogP contribution is -2.31. The molecule has 0 saturated heterocycles. The van der Waals surface area contributed by atoms with Crippen LogP contribution < -0.4 is 10.3 Å². The number of fused-ring (bicyclic) bond motifs is 2.